The van der Waals surface area contributed by atoms with Gasteiger partial charge in [-0.05, 0) is 31.5 Å². The van der Waals surface area contributed by atoms with E-state index in [2.05, 4.69) is 20.6 Å². The van der Waals surface area contributed by atoms with Gasteiger partial charge in [0.2, 0.25) is 5.91 Å². The predicted octanol–water partition coefficient (Wildman–Crippen LogP) is 4.88. The smallest absolute Gasteiger partial charge is 0.250 e. The van der Waals surface area contributed by atoms with Crippen LogP contribution in [-0.2, 0) is 16.0 Å². The number of benzene rings is 3. The highest BCUT2D eigenvalue weighted by molar-refractivity contribution is 6.12. The van der Waals surface area contributed by atoms with E-state index in [9.17, 15) is 9.59 Å². The maximum absolute atomic E-state index is 13.5. The van der Waals surface area contributed by atoms with Crippen LogP contribution in [-0.4, -0.2) is 48.0 Å². The third kappa shape index (κ3) is 6.27. The Morgan fingerprint density at radius 3 is 2.11 bits per heavy atom. The van der Waals surface area contributed by atoms with Gasteiger partial charge in [-0.3, -0.25) is 14.9 Å². The average Bonchev–Trinajstić information content (AvgIpc) is 3.36. The van der Waals surface area contributed by atoms with Crippen molar-refractivity contribution in [2.45, 2.75) is 32.4 Å². The monoisotopic (exact) mass is 512 g/mol. The van der Waals surface area contributed by atoms with E-state index < -0.39 is 11.9 Å². The summed E-state index contributed by atoms with van der Waals surface area (Å²) in [5.74, 6) is 1.31. The number of rotatable bonds is 11. The van der Waals surface area contributed by atoms with Crippen LogP contribution in [0.2, 0.25) is 0 Å². The van der Waals surface area contributed by atoms with Crippen molar-refractivity contribution >= 4 is 17.5 Å². The van der Waals surface area contributed by atoms with Crippen molar-refractivity contribution in [1.29, 1.82) is 0 Å². The van der Waals surface area contributed by atoms with E-state index in [1.165, 1.54) is 7.11 Å². The molecular weight excluding hydrogens is 480 g/mol. The maximum Gasteiger partial charge on any atom is 0.250 e. The van der Waals surface area contributed by atoms with Crippen LogP contribution >= 0.6 is 0 Å². The zero-order chi connectivity index (χ0) is 27.1. The summed E-state index contributed by atoms with van der Waals surface area (Å²) in [6.07, 6.45) is 0.0412. The second kappa shape index (κ2) is 12.2. The molecule has 0 aliphatic rings. The molecule has 1 unspecified atom stereocenters. The molecule has 1 heterocycles. The van der Waals surface area contributed by atoms with Gasteiger partial charge in [-0.1, -0.05) is 66.7 Å². The lowest BCUT2D eigenvalue weighted by atomic mass is 10.0. The Labute approximate surface area is 222 Å². The number of aromatic nitrogens is 2. The lowest BCUT2D eigenvalue weighted by Gasteiger charge is -2.20. The summed E-state index contributed by atoms with van der Waals surface area (Å²) in [5, 5.41) is 6.02. The zero-order valence-corrected chi connectivity index (χ0v) is 21.9. The number of ether oxygens (including phenoxy) is 2. The Morgan fingerprint density at radius 1 is 0.868 bits per heavy atom. The molecule has 0 bridgehead atoms. The minimum atomic E-state index is -1.08. The number of Topliss-reactive ketones (excluding diaryl/α,β-unsaturated/α-hetero) is 1. The largest absolute Gasteiger partial charge is 0.493 e. The highest BCUT2D eigenvalue weighted by Crippen LogP contribution is 2.30. The van der Waals surface area contributed by atoms with E-state index in [-0.39, 0.29) is 18.2 Å². The lowest BCUT2D eigenvalue weighted by molar-refractivity contribution is -0.128. The van der Waals surface area contributed by atoms with E-state index >= 15 is 0 Å². The Bertz CT molecular complexity index is 1380. The van der Waals surface area contributed by atoms with Crippen molar-refractivity contribution in [1.82, 2.24) is 15.3 Å². The molecule has 3 N–H and O–H groups in total. The molecule has 3 aromatic carbocycles. The van der Waals surface area contributed by atoms with Gasteiger partial charge in [-0.25, -0.2) is 4.98 Å². The fourth-order valence-corrected chi connectivity index (χ4v) is 4.14. The van der Waals surface area contributed by atoms with Gasteiger partial charge >= 0.3 is 0 Å². The summed E-state index contributed by atoms with van der Waals surface area (Å²) >= 11 is 0. The first-order valence-electron chi connectivity index (χ1n) is 12.4. The van der Waals surface area contributed by atoms with Crippen molar-refractivity contribution < 1.29 is 19.1 Å². The Hall–Kier alpha value is -4.43. The van der Waals surface area contributed by atoms with E-state index in [0.717, 1.165) is 11.1 Å². The number of carbonyl (C=O) groups is 2. The van der Waals surface area contributed by atoms with Gasteiger partial charge in [0.15, 0.2) is 23.1 Å². The number of imidazole rings is 1. The third-order valence-corrected chi connectivity index (χ3v) is 5.97. The van der Waals surface area contributed by atoms with Gasteiger partial charge in [-0.15, -0.1) is 0 Å². The average molecular weight is 513 g/mol. The number of ketones is 1. The summed E-state index contributed by atoms with van der Waals surface area (Å²) in [6, 6.07) is 23.4. The van der Waals surface area contributed by atoms with Crippen molar-refractivity contribution in [2.24, 2.45) is 0 Å². The first-order chi connectivity index (χ1) is 18.4. The molecule has 0 fully saturated rings. The van der Waals surface area contributed by atoms with E-state index in [0.29, 0.717) is 34.4 Å². The molecule has 8 heteroatoms. The fraction of sp³-hybridized carbons (Fsp3) is 0.233. The van der Waals surface area contributed by atoms with Crippen LogP contribution in [0.5, 0.6) is 11.5 Å². The molecule has 4 rings (SSSR count). The Morgan fingerprint density at radius 2 is 1.50 bits per heavy atom. The van der Waals surface area contributed by atoms with Crippen LogP contribution < -0.4 is 20.1 Å². The van der Waals surface area contributed by atoms with Crippen molar-refractivity contribution in [3.8, 4) is 34.1 Å². The van der Waals surface area contributed by atoms with Crippen molar-refractivity contribution in [3.63, 3.8) is 0 Å². The van der Waals surface area contributed by atoms with Gasteiger partial charge in [0.05, 0.1) is 19.9 Å². The van der Waals surface area contributed by atoms with Gasteiger partial charge in [0.25, 0.3) is 0 Å². The second-order valence-corrected chi connectivity index (χ2v) is 9.12. The van der Waals surface area contributed by atoms with Gasteiger partial charge in [-0.2, -0.15) is 0 Å². The molecule has 1 atom stereocenters. The molecule has 0 aliphatic heterocycles. The highest BCUT2D eigenvalue weighted by atomic mass is 16.5. The van der Waals surface area contributed by atoms with E-state index in [1.807, 2.05) is 74.5 Å². The Balaban J connectivity index is 1.62. The number of H-pyrrole nitrogens is 1. The molecule has 8 nitrogen and oxygen atoms in total. The van der Waals surface area contributed by atoms with Crippen molar-refractivity contribution in [2.75, 3.05) is 19.5 Å². The topological polar surface area (TPSA) is 105 Å². The summed E-state index contributed by atoms with van der Waals surface area (Å²) in [7, 11) is 3.09. The molecule has 4 aromatic rings. The van der Waals surface area contributed by atoms with Crippen LogP contribution in [0.1, 0.15) is 19.4 Å². The molecule has 0 spiro atoms. The summed E-state index contributed by atoms with van der Waals surface area (Å²) < 4.78 is 10.6. The predicted molar refractivity (Wildman–Crippen MR) is 148 cm³/mol. The first-order valence-corrected chi connectivity index (χ1v) is 12.4. The number of carbonyl (C=O) groups excluding carboxylic acids is 2. The summed E-state index contributed by atoms with van der Waals surface area (Å²) in [5.41, 5.74) is 3.12. The molecule has 0 saturated carbocycles. The number of nitrogens with one attached hydrogen (secondary N) is 3. The van der Waals surface area contributed by atoms with Gasteiger partial charge in [0, 0.05) is 23.6 Å². The maximum atomic E-state index is 13.5. The van der Waals surface area contributed by atoms with Crippen LogP contribution in [0.4, 0.5) is 5.82 Å². The molecular formula is C30H32N4O4. The summed E-state index contributed by atoms with van der Waals surface area (Å²) in [6.45, 7) is 3.78. The summed E-state index contributed by atoms with van der Waals surface area (Å²) in [4.78, 5) is 35.0. The third-order valence-electron chi connectivity index (χ3n) is 5.97. The second-order valence-electron chi connectivity index (χ2n) is 9.12. The molecule has 1 aromatic heterocycles. The van der Waals surface area contributed by atoms with Crippen LogP contribution in [0.15, 0.2) is 78.9 Å². The molecule has 1 amide bonds. The first kappa shape index (κ1) is 26.6. The Kier molecular flexibility index (Phi) is 8.55. The molecule has 196 valence electrons. The number of nitrogens with zero attached hydrogens (tertiary/aromatic N) is 1. The quantitative estimate of drug-likeness (QED) is 0.248. The normalized spacial score (nSPS) is 11.7. The van der Waals surface area contributed by atoms with E-state index in [1.54, 1.807) is 25.3 Å². The number of amides is 1. The fourth-order valence-electron chi connectivity index (χ4n) is 4.14. The minimum absolute atomic E-state index is 0.0412. The van der Waals surface area contributed by atoms with Gasteiger partial charge in [0.1, 0.15) is 11.9 Å². The van der Waals surface area contributed by atoms with Crippen LogP contribution in [0.3, 0.4) is 0 Å². The number of methoxy groups -OCH3 is 2. The SMILES string of the molecule is COc1ccc(CC(=O)C(NC(C)C)C(=O)Nc2nc(-c3ccccc3)[nH]c2-c2ccccc2)cc1OC. The molecule has 0 saturated heterocycles. The number of anilines is 1. The highest BCUT2D eigenvalue weighted by Gasteiger charge is 2.29. The van der Waals surface area contributed by atoms with Crippen LogP contribution in [0.25, 0.3) is 22.6 Å². The molecule has 38 heavy (non-hydrogen) atoms. The van der Waals surface area contributed by atoms with Crippen LogP contribution in [0, 0.1) is 0 Å². The van der Waals surface area contributed by atoms with E-state index in [4.69, 9.17) is 9.47 Å². The number of aromatic amines is 1. The molecule has 0 aliphatic carbocycles. The lowest BCUT2D eigenvalue weighted by Crippen LogP contribution is -2.49. The zero-order valence-electron chi connectivity index (χ0n) is 21.9. The van der Waals surface area contributed by atoms with Gasteiger partial charge < -0.3 is 19.8 Å². The minimum Gasteiger partial charge on any atom is -0.493 e. The number of hydrogen-bond acceptors (Lipinski definition) is 6. The standard InChI is InChI=1S/C30H32N4O4/c1-19(2)31-27(23(35)17-20-15-16-24(37-3)25(18-20)38-4)30(36)34-29-26(21-11-7-5-8-12-21)32-28(33-29)22-13-9-6-10-14-22/h5-16,18-19,27,31H,17H2,1-4H3,(H,32,33)(H,34,36). The number of hydrogen-bond donors (Lipinski definition) is 3. The van der Waals surface area contributed by atoms with Crippen molar-refractivity contribution in [3.05, 3.63) is 84.4 Å². The molecule has 0 radical (unpaired) electrons.